The zero-order valence-electron chi connectivity index (χ0n) is 19.7. The number of nitrogens with zero attached hydrogens (tertiary/aromatic N) is 8. The van der Waals surface area contributed by atoms with Crippen LogP contribution < -0.4 is 15.0 Å². The minimum atomic E-state index is -0.320. The van der Waals surface area contributed by atoms with E-state index in [-0.39, 0.29) is 11.5 Å². The average Bonchev–Trinajstić information content (AvgIpc) is 3.25. The van der Waals surface area contributed by atoms with Gasteiger partial charge in [0.15, 0.2) is 11.6 Å². The molecule has 1 saturated heterocycles. The van der Waals surface area contributed by atoms with Gasteiger partial charge in [0, 0.05) is 36.4 Å². The van der Waals surface area contributed by atoms with Crippen molar-refractivity contribution < 1.29 is 4.74 Å². The van der Waals surface area contributed by atoms with Crippen LogP contribution in [0, 0.1) is 24.2 Å². The van der Waals surface area contributed by atoms with Crippen LogP contribution in [0.4, 0.5) is 17.5 Å². The summed E-state index contributed by atoms with van der Waals surface area (Å²) in [6, 6.07) is 10.1. The number of nitrogens with one attached hydrogen (secondary N) is 1. The summed E-state index contributed by atoms with van der Waals surface area (Å²) < 4.78 is 7.46. The molecule has 0 radical (unpaired) electrons. The second kappa shape index (κ2) is 7.95. The number of pyridine rings is 1. The predicted molar refractivity (Wildman–Crippen MR) is 129 cm³/mol. The number of hydrogen-bond donors (Lipinski definition) is 1. The minimum Gasteiger partial charge on any atom is -0.495 e. The Labute approximate surface area is 197 Å². The first-order valence-corrected chi connectivity index (χ1v) is 10.9. The summed E-state index contributed by atoms with van der Waals surface area (Å²) in [7, 11) is 3.51. The van der Waals surface area contributed by atoms with Gasteiger partial charge in [-0.2, -0.15) is 5.26 Å². The third-order valence-corrected chi connectivity index (χ3v) is 6.42. The monoisotopic (exact) mass is 455 g/mol. The van der Waals surface area contributed by atoms with E-state index in [0.29, 0.717) is 18.2 Å². The Balaban J connectivity index is 1.52. The third-order valence-electron chi connectivity index (χ3n) is 6.42. The van der Waals surface area contributed by atoms with Gasteiger partial charge in [0.2, 0.25) is 5.95 Å². The Morgan fingerprint density at radius 2 is 2.06 bits per heavy atom. The van der Waals surface area contributed by atoms with E-state index in [4.69, 9.17) is 14.7 Å². The maximum atomic E-state index is 9.45. The van der Waals surface area contributed by atoms with Gasteiger partial charge < -0.3 is 19.5 Å². The van der Waals surface area contributed by atoms with Gasteiger partial charge in [-0.25, -0.2) is 15.0 Å². The van der Waals surface area contributed by atoms with E-state index >= 15 is 0 Å². The lowest BCUT2D eigenvalue weighted by Crippen LogP contribution is -2.64. The molecule has 0 saturated carbocycles. The number of anilines is 3. The van der Waals surface area contributed by atoms with Crippen LogP contribution in [-0.2, 0) is 7.05 Å². The van der Waals surface area contributed by atoms with Gasteiger partial charge in [-0.05, 0) is 45.0 Å². The van der Waals surface area contributed by atoms with E-state index < -0.39 is 0 Å². The number of fused-ring (bicyclic) bond motifs is 1. The molecule has 10 heteroatoms. The molecule has 0 amide bonds. The lowest BCUT2D eigenvalue weighted by atomic mass is 9.77. The first kappa shape index (κ1) is 21.6. The van der Waals surface area contributed by atoms with Crippen molar-refractivity contribution in [3.8, 4) is 23.2 Å². The molecular formula is C24H25N9O. The smallest absolute Gasteiger partial charge is 0.227 e. The molecule has 5 rings (SSSR count). The summed E-state index contributed by atoms with van der Waals surface area (Å²) >= 11 is 0. The summed E-state index contributed by atoms with van der Waals surface area (Å²) in [5.74, 6) is 2.51. The molecule has 0 aliphatic carbocycles. The van der Waals surface area contributed by atoms with Crippen molar-refractivity contribution in [1.29, 1.82) is 5.26 Å². The normalized spacial score (nSPS) is 16.7. The molecule has 4 heterocycles. The Morgan fingerprint density at radius 1 is 1.24 bits per heavy atom. The Morgan fingerprint density at radius 3 is 2.74 bits per heavy atom. The van der Waals surface area contributed by atoms with Crippen molar-refractivity contribution in [2.24, 2.45) is 13.0 Å². The maximum Gasteiger partial charge on any atom is 0.227 e. The number of hydrogen-bond acceptors (Lipinski definition) is 9. The van der Waals surface area contributed by atoms with Gasteiger partial charge >= 0.3 is 0 Å². The van der Waals surface area contributed by atoms with E-state index in [2.05, 4.69) is 45.3 Å². The zero-order chi connectivity index (χ0) is 24.0. The highest BCUT2D eigenvalue weighted by Crippen LogP contribution is 2.41. The van der Waals surface area contributed by atoms with Crippen molar-refractivity contribution in [2.75, 3.05) is 23.9 Å². The standard InChI is InChI=1S/C24H25N9O/c1-14-8-16-11-26-23(30-20(16)22(28-14)33-12-17(10-25)24(33,2)3)29-18-7-6-15(9-19(18)34-5)21-31-27-13-32(21)4/h6-9,11,13,17H,12H2,1-5H3,(H,26,29,30). The fourth-order valence-corrected chi connectivity index (χ4v) is 4.28. The predicted octanol–water partition coefficient (Wildman–Crippen LogP) is 3.62. The highest BCUT2D eigenvalue weighted by Gasteiger charge is 2.48. The number of ether oxygens (including phenoxy) is 1. The number of benzene rings is 1. The number of nitriles is 1. The van der Waals surface area contributed by atoms with Gasteiger partial charge in [0.05, 0.1) is 30.3 Å². The molecule has 0 bridgehead atoms. The molecule has 1 unspecified atom stereocenters. The van der Waals surface area contributed by atoms with Crippen molar-refractivity contribution >= 4 is 28.4 Å². The second-order valence-corrected chi connectivity index (χ2v) is 8.97. The van der Waals surface area contributed by atoms with Crippen LogP contribution >= 0.6 is 0 Å². The van der Waals surface area contributed by atoms with E-state index in [1.54, 1.807) is 19.6 Å². The number of rotatable bonds is 5. The second-order valence-electron chi connectivity index (χ2n) is 8.97. The first-order valence-electron chi connectivity index (χ1n) is 10.9. The number of methoxy groups -OCH3 is 1. The highest BCUT2D eigenvalue weighted by atomic mass is 16.5. The molecule has 1 N–H and O–H groups in total. The van der Waals surface area contributed by atoms with Gasteiger partial charge in [-0.15, -0.1) is 10.2 Å². The minimum absolute atomic E-state index is 0.0546. The van der Waals surface area contributed by atoms with Gasteiger partial charge in [-0.1, -0.05) is 0 Å². The first-order chi connectivity index (χ1) is 16.3. The molecule has 34 heavy (non-hydrogen) atoms. The molecule has 1 aromatic carbocycles. The van der Waals surface area contributed by atoms with E-state index in [1.165, 1.54) is 0 Å². The molecule has 4 aromatic rings. The van der Waals surface area contributed by atoms with Crippen LogP contribution in [0.25, 0.3) is 22.3 Å². The van der Waals surface area contributed by atoms with Crippen LogP contribution in [0.15, 0.2) is 36.8 Å². The van der Waals surface area contributed by atoms with Gasteiger partial charge in [-0.3, -0.25) is 0 Å². The molecule has 3 aromatic heterocycles. The molecule has 1 aliphatic rings. The Kier molecular flexibility index (Phi) is 5.05. The highest BCUT2D eigenvalue weighted by molar-refractivity contribution is 5.90. The summed E-state index contributed by atoms with van der Waals surface area (Å²) in [6.45, 7) is 6.70. The Bertz CT molecular complexity index is 1440. The lowest BCUT2D eigenvalue weighted by Gasteiger charge is -2.53. The molecule has 172 valence electrons. The Hall–Kier alpha value is -4.26. The third kappa shape index (κ3) is 3.46. The molecular weight excluding hydrogens is 430 g/mol. The lowest BCUT2D eigenvalue weighted by molar-refractivity contribution is 0.253. The van der Waals surface area contributed by atoms with Crippen molar-refractivity contribution in [3.05, 3.63) is 42.5 Å². The van der Waals surface area contributed by atoms with Crippen molar-refractivity contribution in [2.45, 2.75) is 26.3 Å². The SMILES string of the molecule is COc1cc(-c2nncn2C)ccc1Nc1ncc2cc(C)nc(N3CC(C#N)C3(C)C)c2n1. The quantitative estimate of drug-likeness (QED) is 0.481. The number of aryl methyl sites for hydroxylation is 2. The summed E-state index contributed by atoms with van der Waals surface area (Å²) in [5, 5.41) is 21.7. The van der Waals surface area contributed by atoms with Crippen molar-refractivity contribution in [3.63, 3.8) is 0 Å². The van der Waals surface area contributed by atoms with Crippen LogP contribution in [0.5, 0.6) is 5.75 Å². The largest absolute Gasteiger partial charge is 0.495 e. The zero-order valence-corrected chi connectivity index (χ0v) is 19.7. The van der Waals surface area contributed by atoms with Gasteiger partial charge in [0.1, 0.15) is 17.6 Å². The fourth-order valence-electron chi connectivity index (χ4n) is 4.28. The molecule has 1 atom stereocenters. The van der Waals surface area contributed by atoms with Crippen molar-refractivity contribution in [1.82, 2.24) is 29.7 Å². The van der Waals surface area contributed by atoms with Crippen LogP contribution in [0.2, 0.25) is 0 Å². The van der Waals surface area contributed by atoms with Crippen LogP contribution in [-0.4, -0.2) is 48.9 Å². The van der Waals surface area contributed by atoms with E-state index in [9.17, 15) is 5.26 Å². The van der Waals surface area contributed by atoms with E-state index in [1.807, 2.05) is 42.8 Å². The van der Waals surface area contributed by atoms with Crippen LogP contribution in [0.3, 0.4) is 0 Å². The molecule has 1 fully saturated rings. The molecule has 1 aliphatic heterocycles. The fraction of sp³-hybridized carbons (Fsp3) is 0.333. The van der Waals surface area contributed by atoms with Gasteiger partial charge in [0.25, 0.3) is 0 Å². The average molecular weight is 456 g/mol. The number of aromatic nitrogens is 6. The van der Waals surface area contributed by atoms with E-state index in [0.717, 1.165) is 39.5 Å². The molecule has 10 nitrogen and oxygen atoms in total. The van der Waals surface area contributed by atoms with Crippen LogP contribution in [0.1, 0.15) is 19.5 Å². The summed E-state index contributed by atoms with van der Waals surface area (Å²) in [6.07, 6.45) is 3.44. The maximum absolute atomic E-state index is 9.45. The molecule has 0 spiro atoms. The topological polar surface area (TPSA) is 118 Å². The summed E-state index contributed by atoms with van der Waals surface area (Å²) in [5.41, 5.74) is 2.91. The summed E-state index contributed by atoms with van der Waals surface area (Å²) in [4.78, 5) is 16.2.